The Kier molecular flexibility index (Phi) is 6.12. The second-order valence-electron chi connectivity index (χ2n) is 8.31. The van der Waals surface area contributed by atoms with Crippen molar-refractivity contribution in [1.29, 1.82) is 0 Å². The van der Waals surface area contributed by atoms with Crippen molar-refractivity contribution in [2.45, 2.75) is 69.0 Å². The maximum Gasteiger partial charge on any atom is 0.223 e. The van der Waals surface area contributed by atoms with E-state index in [1.165, 1.54) is 11.1 Å². The fourth-order valence-electron chi connectivity index (χ4n) is 5.14. The van der Waals surface area contributed by atoms with E-state index in [-0.39, 0.29) is 18.0 Å². The Bertz CT molecular complexity index is 789. The average Bonchev–Trinajstić information content (AvgIpc) is 2.70. The zero-order valence-electron chi connectivity index (χ0n) is 16.5. The van der Waals surface area contributed by atoms with E-state index in [2.05, 4.69) is 58.2 Å². The first-order valence-corrected chi connectivity index (χ1v) is 12.0. The maximum absolute atomic E-state index is 12.8. The molecule has 1 aliphatic carbocycles. The quantitative estimate of drug-likeness (QED) is 0.819. The number of carbonyl (C=O) groups excluding carboxylic acids is 1. The number of nitrogens with one attached hydrogen (secondary N) is 1. The van der Waals surface area contributed by atoms with Crippen molar-refractivity contribution in [3.8, 4) is 0 Å². The summed E-state index contributed by atoms with van der Waals surface area (Å²) in [5, 5.41) is 0. The van der Waals surface area contributed by atoms with Crippen molar-refractivity contribution in [3.05, 3.63) is 59.7 Å². The van der Waals surface area contributed by atoms with Crippen LogP contribution in [0.4, 0.5) is 0 Å². The maximum atomic E-state index is 12.8. The summed E-state index contributed by atoms with van der Waals surface area (Å²) in [4.78, 5) is 14.9. The number of hydrogen-bond donors (Lipinski definition) is 1. The van der Waals surface area contributed by atoms with Gasteiger partial charge in [-0.15, -0.1) is 0 Å². The van der Waals surface area contributed by atoms with Gasteiger partial charge in [-0.05, 0) is 44.1 Å². The van der Waals surface area contributed by atoms with Gasteiger partial charge >= 0.3 is 0 Å². The fourth-order valence-corrected chi connectivity index (χ4v) is 5.84. The summed E-state index contributed by atoms with van der Waals surface area (Å²) in [5.74, 6) is 0.672. The molecular weight excluding hydrogens is 368 g/mol. The minimum absolute atomic E-state index is 0.102. The summed E-state index contributed by atoms with van der Waals surface area (Å²) < 4.78 is 15.2. The molecule has 0 radical (unpaired) electrons. The highest BCUT2D eigenvalue weighted by molar-refractivity contribution is 7.82. The molecular formula is C23H30N2O2S. The molecule has 1 amide bonds. The molecule has 4 nitrogen and oxygen atoms in total. The molecule has 1 N–H and O–H groups in total. The Balaban J connectivity index is 1.53. The standard InChI is InChI=1S/C23H30N2O2S/c1-28(27)24-21-14-13-20-11-6-12-23(26)25(20)22(21)16-17-7-5-10-19(15-17)18-8-3-2-4-9-18/h2-5,7-10,19-22,24H,6,11-16H2,1H3. The number of nitrogens with zero attached hydrogens (tertiary/aromatic N) is 1. The third-order valence-corrected chi connectivity index (χ3v) is 7.05. The van der Waals surface area contributed by atoms with Gasteiger partial charge < -0.3 is 4.90 Å². The fraction of sp³-hybridized carbons (Fsp3) is 0.522. The van der Waals surface area contributed by atoms with E-state index in [1.807, 2.05) is 0 Å². The van der Waals surface area contributed by atoms with Crippen molar-refractivity contribution < 1.29 is 9.00 Å². The zero-order valence-corrected chi connectivity index (χ0v) is 17.4. The van der Waals surface area contributed by atoms with E-state index in [9.17, 15) is 9.00 Å². The molecule has 4 rings (SSSR count). The SMILES string of the molecule is CS(=O)NC1CCC2CCCC(=O)N2C1CC1=CC=CC(c2ccccc2)C1. The highest BCUT2D eigenvalue weighted by Crippen LogP contribution is 2.37. The van der Waals surface area contributed by atoms with Gasteiger partial charge in [-0.25, -0.2) is 8.93 Å². The van der Waals surface area contributed by atoms with Crippen LogP contribution in [0.2, 0.25) is 0 Å². The van der Waals surface area contributed by atoms with Crippen molar-refractivity contribution in [2.75, 3.05) is 6.26 Å². The Morgan fingerprint density at radius 2 is 2.00 bits per heavy atom. The molecule has 1 aromatic carbocycles. The molecule has 5 unspecified atom stereocenters. The molecule has 28 heavy (non-hydrogen) atoms. The van der Waals surface area contributed by atoms with Gasteiger partial charge in [0.15, 0.2) is 0 Å². The van der Waals surface area contributed by atoms with Crippen molar-refractivity contribution in [1.82, 2.24) is 9.62 Å². The van der Waals surface area contributed by atoms with Gasteiger partial charge in [0.2, 0.25) is 5.91 Å². The largest absolute Gasteiger partial charge is 0.335 e. The number of benzene rings is 1. The van der Waals surface area contributed by atoms with Crippen LogP contribution in [0.3, 0.4) is 0 Å². The van der Waals surface area contributed by atoms with Crippen LogP contribution in [-0.2, 0) is 15.8 Å². The molecule has 2 fully saturated rings. The highest BCUT2D eigenvalue weighted by atomic mass is 32.2. The predicted octanol–water partition coefficient (Wildman–Crippen LogP) is 3.84. The second-order valence-corrected chi connectivity index (χ2v) is 9.45. The van der Waals surface area contributed by atoms with Gasteiger partial charge in [-0.3, -0.25) is 4.79 Å². The first kappa shape index (κ1) is 19.6. The van der Waals surface area contributed by atoms with Crippen molar-refractivity contribution in [3.63, 3.8) is 0 Å². The third kappa shape index (κ3) is 4.31. The van der Waals surface area contributed by atoms with E-state index in [0.29, 0.717) is 18.4 Å². The number of fused-ring (bicyclic) bond motifs is 1. The number of carbonyl (C=O) groups is 1. The lowest BCUT2D eigenvalue weighted by molar-refractivity contribution is -0.142. The van der Waals surface area contributed by atoms with Gasteiger partial charge in [-0.2, -0.15) is 0 Å². The first-order chi connectivity index (χ1) is 13.6. The van der Waals surface area contributed by atoms with Crippen molar-refractivity contribution in [2.24, 2.45) is 0 Å². The molecule has 150 valence electrons. The summed E-state index contributed by atoms with van der Waals surface area (Å²) in [6, 6.07) is 11.2. The lowest BCUT2D eigenvalue weighted by atomic mass is 9.80. The van der Waals surface area contributed by atoms with Crippen LogP contribution in [0, 0.1) is 0 Å². The van der Waals surface area contributed by atoms with Gasteiger partial charge in [0.1, 0.15) is 0 Å². The number of allylic oxidation sites excluding steroid dienone is 3. The molecule has 1 aromatic rings. The van der Waals surface area contributed by atoms with Crippen LogP contribution in [-0.4, -0.2) is 39.4 Å². The van der Waals surface area contributed by atoms with Gasteiger partial charge in [0.05, 0.1) is 17.0 Å². The van der Waals surface area contributed by atoms with Crippen LogP contribution >= 0.6 is 0 Å². The highest BCUT2D eigenvalue weighted by Gasteiger charge is 2.42. The molecule has 0 spiro atoms. The monoisotopic (exact) mass is 398 g/mol. The zero-order chi connectivity index (χ0) is 19.5. The summed E-state index contributed by atoms with van der Waals surface area (Å²) in [6.45, 7) is 0. The molecule has 5 atom stereocenters. The third-order valence-electron chi connectivity index (χ3n) is 6.42. The molecule has 0 aromatic heterocycles. The minimum Gasteiger partial charge on any atom is -0.335 e. The molecule has 3 aliphatic rings. The Morgan fingerprint density at radius 3 is 2.79 bits per heavy atom. The summed E-state index contributed by atoms with van der Waals surface area (Å²) in [7, 11) is -1.07. The van der Waals surface area contributed by atoms with Gasteiger partial charge in [0.25, 0.3) is 0 Å². The van der Waals surface area contributed by atoms with E-state index >= 15 is 0 Å². The topological polar surface area (TPSA) is 49.4 Å². The molecule has 2 saturated heterocycles. The average molecular weight is 399 g/mol. The van der Waals surface area contributed by atoms with E-state index < -0.39 is 11.0 Å². The normalized spacial score (nSPS) is 31.2. The summed E-state index contributed by atoms with van der Waals surface area (Å²) in [6.07, 6.45) is 15.0. The summed E-state index contributed by atoms with van der Waals surface area (Å²) >= 11 is 0. The minimum atomic E-state index is -1.07. The van der Waals surface area contributed by atoms with Crippen molar-refractivity contribution >= 4 is 16.9 Å². The lowest BCUT2D eigenvalue weighted by Crippen LogP contribution is -2.61. The lowest BCUT2D eigenvalue weighted by Gasteiger charge is -2.49. The number of amides is 1. The van der Waals surface area contributed by atoms with Crippen LogP contribution in [0.25, 0.3) is 0 Å². The van der Waals surface area contributed by atoms with E-state index in [4.69, 9.17) is 0 Å². The molecule has 0 saturated carbocycles. The Morgan fingerprint density at radius 1 is 1.18 bits per heavy atom. The smallest absolute Gasteiger partial charge is 0.223 e. The molecule has 2 aliphatic heterocycles. The Labute approximate surface area is 170 Å². The first-order valence-electron chi connectivity index (χ1n) is 10.4. The van der Waals surface area contributed by atoms with E-state index in [0.717, 1.165) is 38.5 Å². The van der Waals surface area contributed by atoms with Crippen LogP contribution in [0.1, 0.15) is 56.4 Å². The molecule has 2 heterocycles. The number of hydrogen-bond acceptors (Lipinski definition) is 2. The Hall–Kier alpha value is -1.72. The molecule has 5 heteroatoms. The number of rotatable bonds is 5. The summed E-state index contributed by atoms with van der Waals surface area (Å²) in [5.41, 5.74) is 2.72. The van der Waals surface area contributed by atoms with E-state index in [1.54, 1.807) is 6.26 Å². The van der Waals surface area contributed by atoms with Crippen LogP contribution < -0.4 is 4.72 Å². The van der Waals surface area contributed by atoms with Gasteiger partial charge in [-0.1, -0.05) is 54.1 Å². The number of piperidine rings is 2. The molecule has 0 bridgehead atoms. The predicted molar refractivity (Wildman–Crippen MR) is 114 cm³/mol. The van der Waals surface area contributed by atoms with Crippen LogP contribution in [0.15, 0.2) is 54.1 Å². The second kappa shape index (κ2) is 8.75. The van der Waals surface area contributed by atoms with Crippen LogP contribution in [0.5, 0.6) is 0 Å². The van der Waals surface area contributed by atoms with Gasteiger partial charge in [0, 0.05) is 30.7 Å².